The van der Waals surface area contributed by atoms with Gasteiger partial charge in [-0.25, -0.2) is 0 Å². The number of nitrogens with two attached hydrogens (primary N) is 1. The number of rotatable bonds is 4. The summed E-state index contributed by atoms with van der Waals surface area (Å²) in [5.74, 6) is 0.225. The molecule has 0 heterocycles. The van der Waals surface area contributed by atoms with Crippen LogP contribution >= 0.6 is 0 Å². The highest BCUT2D eigenvalue weighted by atomic mass is 16.2. The molecule has 0 aromatic rings. The van der Waals surface area contributed by atoms with Gasteiger partial charge >= 0.3 is 0 Å². The third-order valence-electron chi connectivity index (χ3n) is 1.91. The molecule has 2 atom stereocenters. The number of hydrogen-bond donors (Lipinski definition) is 2. The molecule has 0 aromatic carbocycles. The van der Waals surface area contributed by atoms with Crippen LogP contribution in [-0.4, -0.2) is 18.5 Å². The summed E-state index contributed by atoms with van der Waals surface area (Å²) in [4.78, 5) is 11.1. The Morgan fingerprint density at radius 3 is 2.45 bits per heavy atom. The lowest BCUT2D eigenvalue weighted by atomic mass is 9.99. The molecule has 0 aliphatic rings. The summed E-state index contributed by atoms with van der Waals surface area (Å²) in [5.41, 5.74) is 5.65. The van der Waals surface area contributed by atoms with Crippen molar-refractivity contribution in [3.8, 4) is 0 Å². The Balaban J connectivity index is 3.80. The predicted octanol–water partition coefficient (Wildman–Crippen LogP) is 0.496. The fraction of sp³-hybridized carbons (Fsp3) is 0.875. The summed E-state index contributed by atoms with van der Waals surface area (Å²) in [5, 5.41) is 2.70. The van der Waals surface area contributed by atoms with E-state index in [1.165, 1.54) is 0 Å². The van der Waals surface area contributed by atoms with Gasteiger partial charge in [0.1, 0.15) is 0 Å². The molecule has 0 fully saturated rings. The standard InChI is InChI=1S/C8H18N2O/c1-4-6(3)7(9)8(11)10-5-2/h6-7H,4-5,9H2,1-3H3,(H,10,11). The van der Waals surface area contributed by atoms with Gasteiger partial charge in [0.05, 0.1) is 6.04 Å². The van der Waals surface area contributed by atoms with Crippen LogP contribution in [0.3, 0.4) is 0 Å². The van der Waals surface area contributed by atoms with Gasteiger partial charge in [0.25, 0.3) is 0 Å². The quantitative estimate of drug-likeness (QED) is 0.626. The molecule has 1 amide bonds. The SMILES string of the molecule is CCNC(=O)C(N)C(C)CC. The molecule has 0 aromatic heterocycles. The molecule has 0 saturated carbocycles. The second-order valence-electron chi connectivity index (χ2n) is 2.81. The molecule has 3 heteroatoms. The molecule has 3 nitrogen and oxygen atoms in total. The van der Waals surface area contributed by atoms with Gasteiger partial charge in [-0.2, -0.15) is 0 Å². The van der Waals surface area contributed by atoms with Crippen molar-refractivity contribution in [2.45, 2.75) is 33.2 Å². The fourth-order valence-electron chi connectivity index (χ4n) is 0.804. The van der Waals surface area contributed by atoms with Crippen molar-refractivity contribution in [3.63, 3.8) is 0 Å². The lowest BCUT2D eigenvalue weighted by Crippen LogP contribution is -2.44. The molecule has 0 spiro atoms. The second kappa shape index (κ2) is 5.13. The molecule has 0 rings (SSSR count). The Morgan fingerprint density at radius 2 is 2.09 bits per heavy atom. The number of carbonyl (C=O) groups excluding carboxylic acids is 1. The Bertz CT molecular complexity index is 125. The second-order valence-corrected chi connectivity index (χ2v) is 2.81. The Morgan fingerprint density at radius 1 is 1.55 bits per heavy atom. The summed E-state index contributed by atoms with van der Waals surface area (Å²) < 4.78 is 0. The Labute approximate surface area is 68.3 Å². The third-order valence-corrected chi connectivity index (χ3v) is 1.91. The van der Waals surface area contributed by atoms with Crippen molar-refractivity contribution in [3.05, 3.63) is 0 Å². The van der Waals surface area contributed by atoms with Crippen molar-refractivity contribution in [1.29, 1.82) is 0 Å². The average Bonchev–Trinajstić information content (AvgIpc) is 2.02. The van der Waals surface area contributed by atoms with Gasteiger partial charge in [-0.15, -0.1) is 0 Å². The van der Waals surface area contributed by atoms with Crippen LogP contribution in [0.1, 0.15) is 27.2 Å². The zero-order valence-electron chi connectivity index (χ0n) is 7.55. The summed E-state index contributed by atoms with van der Waals surface area (Å²) in [6.45, 7) is 6.56. The monoisotopic (exact) mass is 158 g/mol. The van der Waals surface area contributed by atoms with E-state index in [-0.39, 0.29) is 17.9 Å². The molecular formula is C8H18N2O. The van der Waals surface area contributed by atoms with Crippen molar-refractivity contribution in [2.24, 2.45) is 11.7 Å². The molecule has 0 aliphatic carbocycles. The number of amides is 1. The van der Waals surface area contributed by atoms with Crippen LogP contribution in [0.4, 0.5) is 0 Å². The molecule has 3 N–H and O–H groups in total. The minimum absolute atomic E-state index is 0.0400. The lowest BCUT2D eigenvalue weighted by Gasteiger charge is -2.16. The third kappa shape index (κ3) is 3.37. The van der Waals surface area contributed by atoms with E-state index in [0.717, 1.165) is 6.42 Å². The molecule has 0 aliphatic heterocycles. The lowest BCUT2D eigenvalue weighted by molar-refractivity contribution is -0.123. The molecule has 0 saturated heterocycles. The summed E-state index contributed by atoms with van der Waals surface area (Å²) in [7, 11) is 0. The van der Waals surface area contributed by atoms with E-state index in [0.29, 0.717) is 6.54 Å². The van der Waals surface area contributed by atoms with Crippen molar-refractivity contribution < 1.29 is 4.79 Å². The minimum Gasteiger partial charge on any atom is -0.355 e. The van der Waals surface area contributed by atoms with Crippen LogP contribution in [0.2, 0.25) is 0 Å². The fourth-order valence-corrected chi connectivity index (χ4v) is 0.804. The smallest absolute Gasteiger partial charge is 0.237 e. The van der Waals surface area contributed by atoms with E-state index >= 15 is 0 Å². The molecule has 11 heavy (non-hydrogen) atoms. The summed E-state index contributed by atoms with van der Waals surface area (Å²) >= 11 is 0. The number of nitrogens with one attached hydrogen (secondary N) is 1. The first-order valence-electron chi connectivity index (χ1n) is 4.16. The predicted molar refractivity (Wildman–Crippen MR) is 46.1 cm³/mol. The summed E-state index contributed by atoms with van der Waals surface area (Å²) in [6.07, 6.45) is 0.943. The van der Waals surface area contributed by atoms with Crippen molar-refractivity contribution in [2.75, 3.05) is 6.54 Å². The number of carbonyl (C=O) groups is 1. The molecule has 0 bridgehead atoms. The van der Waals surface area contributed by atoms with E-state index in [9.17, 15) is 4.79 Å². The van der Waals surface area contributed by atoms with Crippen LogP contribution in [0.5, 0.6) is 0 Å². The largest absolute Gasteiger partial charge is 0.355 e. The number of hydrogen-bond acceptors (Lipinski definition) is 2. The number of likely N-dealkylation sites (N-methyl/N-ethyl adjacent to an activating group) is 1. The van der Waals surface area contributed by atoms with Crippen LogP contribution in [0.25, 0.3) is 0 Å². The summed E-state index contributed by atoms with van der Waals surface area (Å²) in [6, 6.07) is -0.347. The van der Waals surface area contributed by atoms with Gasteiger partial charge in [-0.1, -0.05) is 20.3 Å². The van der Waals surface area contributed by atoms with Crippen molar-refractivity contribution in [1.82, 2.24) is 5.32 Å². The molecule has 66 valence electrons. The Hall–Kier alpha value is -0.570. The highest BCUT2D eigenvalue weighted by Crippen LogP contribution is 2.04. The van der Waals surface area contributed by atoms with Gasteiger partial charge in [-0.05, 0) is 12.8 Å². The molecular weight excluding hydrogens is 140 g/mol. The maximum atomic E-state index is 11.1. The first-order chi connectivity index (χ1) is 5.13. The van der Waals surface area contributed by atoms with Crippen LogP contribution in [0, 0.1) is 5.92 Å². The topological polar surface area (TPSA) is 55.1 Å². The zero-order chi connectivity index (χ0) is 8.85. The zero-order valence-corrected chi connectivity index (χ0v) is 7.55. The van der Waals surface area contributed by atoms with E-state index in [1.54, 1.807) is 0 Å². The average molecular weight is 158 g/mol. The molecule has 0 radical (unpaired) electrons. The maximum Gasteiger partial charge on any atom is 0.237 e. The van der Waals surface area contributed by atoms with Gasteiger partial charge in [-0.3, -0.25) is 4.79 Å². The van der Waals surface area contributed by atoms with Crippen molar-refractivity contribution >= 4 is 5.91 Å². The van der Waals surface area contributed by atoms with E-state index in [1.807, 2.05) is 20.8 Å². The first-order valence-corrected chi connectivity index (χ1v) is 4.16. The van der Waals surface area contributed by atoms with Crippen LogP contribution < -0.4 is 11.1 Å². The van der Waals surface area contributed by atoms with Gasteiger partial charge in [0.2, 0.25) is 5.91 Å². The molecule has 2 unspecified atom stereocenters. The maximum absolute atomic E-state index is 11.1. The van der Waals surface area contributed by atoms with Gasteiger partial charge in [0, 0.05) is 6.54 Å². The highest BCUT2D eigenvalue weighted by Gasteiger charge is 2.17. The van der Waals surface area contributed by atoms with E-state index in [4.69, 9.17) is 5.73 Å². The highest BCUT2D eigenvalue weighted by molar-refractivity contribution is 5.81. The van der Waals surface area contributed by atoms with Gasteiger partial charge < -0.3 is 11.1 Å². The first kappa shape index (κ1) is 10.4. The van der Waals surface area contributed by atoms with Gasteiger partial charge in [0.15, 0.2) is 0 Å². The van der Waals surface area contributed by atoms with E-state index < -0.39 is 0 Å². The van der Waals surface area contributed by atoms with Crippen LogP contribution in [-0.2, 0) is 4.79 Å². The van der Waals surface area contributed by atoms with E-state index in [2.05, 4.69) is 5.32 Å². The van der Waals surface area contributed by atoms with Crippen LogP contribution in [0.15, 0.2) is 0 Å². The minimum atomic E-state index is -0.347. The Kier molecular flexibility index (Phi) is 4.86. The normalized spacial score (nSPS) is 15.6.